The number of anilines is 1. The second-order valence-corrected chi connectivity index (χ2v) is 5.71. The molecule has 1 amide bonds. The highest BCUT2D eigenvalue weighted by atomic mass is 32.1. The maximum atomic E-state index is 12.1. The van der Waals surface area contributed by atoms with Gasteiger partial charge in [0.25, 0.3) is 5.91 Å². The van der Waals surface area contributed by atoms with Gasteiger partial charge in [-0.25, -0.2) is 4.98 Å². The molecule has 0 radical (unpaired) electrons. The van der Waals surface area contributed by atoms with Crippen LogP contribution in [0.5, 0.6) is 0 Å². The molecule has 1 saturated carbocycles. The molecule has 3 rings (SSSR count). The van der Waals surface area contributed by atoms with Gasteiger partial charge in [0.15, 0.2) is 0 Å². The largest absolute Gasteiger partial charge is 0.397 e. The van der Waals surface area contributed by atoms with Crippen molar-refractivity contribution in [1.29, 1.82) is 0 Å². The highest BCUT2D eigenvalue weighted by Crippen LogP contribution is 2.32. The minimum Gasteiger partial charge on any atom is -0.397 e. The second kappa shape index (κ2) is 4.57. The molecule has 3 N–H and O–H groups in total. The number of pyridine rings is 1. The van der Waals surface area contributed by atoms with Gasteiger partial charge in [-0.3, -0.25) is 4.79 Å². The van der Waals surface area contributed by atoms with Crippen LogP contribution >= 0.6 is 11.3 Å². The summed E-state index contributed by atoms with van der Waals surface area (Å²) in [6, 6.07) is 3.73. The summed E-state index contributed by atoms with van der Waals surface area (Å²) in [5, 5.41) is 3.84. The maximum absolute atomic E-state index is 12.1. The Labute approximate surface area is 109 Å². The van der Waals surface area contributed by atoms with Crippen molar-refractivity contribution in [2.24, 2.45) is 5.92 Å². The fourth-order valence-electron chi connectivity index (χ4n) is 2.13. The summed E-state index contributed by atoms with van der Waals surface area (Å²) in [7, 11) is 0. The molecule has 18 heavy (non-hydrogen) atoms. The smallest absolute Gasteiger partial charge is 0.263 e. The van der Waals surface area contributed by atoms with Crippen molar-refractivity contribution in [3.8, 4) is 0 Å². The third-order valence-electron chi connectivity index (χ3n) is 3.49. The lowest BCUT2D eigenvalue weighted by Crippen LogP contribution is -2.32. The lowest BCUT2D eigenvalue weighted by atomic mass is 9.85. The van der Waals surface area contributed by atoms with Gasteiger partial charge in [0.2, 0.25) is 0 Å². The molecule has 0 spiro atoms. The number of nitrogens with one attached hydrogen (secondary N) is 1. The second-order valence-electron chi connectivity index (χ2n) is 4.71. The molecule has 4 nitrogen and oxygen atoms in total. The Morgan fingerprint density at radius 2 is 2.39 bits per heavy atom. The van der Waals surface area contributed by atoms with Crippen molar-refractivity contribution in [1.82, 2.24) is 10.3 Å². The number of amides is 1. The first-order chi connectivity index (χ1) is 8.75. The van der Waals surface area contributed by atoms with Gasteiger partial charge in [-0.1, -0.05) is 6.42 Å². The van der Waals surface area contributed by atoms with E-state index in [0.29, 0.717) is 16.5 Å². The van der Waals surface area contributed by atoms with Gasteiger partial charge in [-0.15, -0.1) is 11.3 Å². The van der Waals surface area contributed by atoms with E-state index in [0.717, 1.165) is 16.8 Å². The van der Waals surface area contributed by atoms with Crippen molar-refractivity contribution in [3.05, 3.63) is 23.2 Å². The van der Waals surface area contributed by atoms with Crippen LogP contribution in [0.25, 0.3) is 10.2 Å². The molecule has 0 saturated heterocycles. The minimum atomic E-state index is -0.0672. The van der Waals surface area contributed by atoms with E-state index in [-0.39, 0.29) is 5.91 Å². The third kappa shape index (κ3) is 1.95. The third-order valence-corrected chi connectivity index (χ3v) is 4.62. The quantitative estimate of drug-likeness (QED) is 0.891. The Kier molecular flexibility index (Phi) is 2.91. The molecule has 0 bridgehead atoms. The summed E-state index contributed by atoms with van der Waals surface area (Å²) in [6.07, 6.45) is 5.46. The first-order valence-corrected chi connectivity index (χ1v) is 6.98. The van der Waals surface area contributed by atoms with E-state index in [9.17, 15) is 4.79 Å². The number of hydrogen-bond acceptors (Lipinski definition) is 4. The summed E-state index contributed by atoms with van der Waals surface area (Å²) in [5.74, 6) is 0.588. The van der Waals surface area contributed by atoms with Crippen molar-refractivity contribution < 1.29 is 4.79 Å². The highest BCUT2D eigenvalue weighted by molar-refractivity contribution is 7.21. The topological polar surface area (TPSA) is 68.0 Å². The molecule has 1 fully saturated rings. The van der Waals surface area contributed by atoms with E-state index in [2.05, 4.69) is 10.3 Å². The summed E-state index contributed by atoms with van der Waals surface area (Å²) < 4.78 is 0. The zero-order chi connectivity index (χ0) is 12.5. The molecule has 2 heterocycles. The highest BCUT2D eigenvalue weighted by Gasteiger charge is 2.20. The Morgan fingerprint density at radius 1 is 1.56 bits per heavy atom. The van der Waals surface area contributed by atoms with Gasteiger partial charge in [0.1, 0.15) is 9.71 Å². The lowest BCUT2D eigenvalue weighted by Gasteiger charge is -2.25. The van der Waals surface area contributed by atoms with Gasteiger partial charge >= 0.3 is 0 Å². The SMILES string of the molecule is Nc1c(C(=O)NCC2CCC2)sc2ncccc12. The number of thiophene rings is 1. The number of nitrogens with zero attached hydrogens (tertiary/aromatic N) is 1. The number of rotatable bonds is 3. The number of carbonyl (C=O) groups is 1. The van der Waals surface area contributed by atoms with Crippen molar-refractivity contribution in [2.45, 2.75) is 19.3 Å². The van der Waals surface area contributed by atoms with Gasteiger partial charge in [0.05, 0.1) is 5.69 Å². The molecule has 94 valence electrons. The van der Waals surface area contributed by atoms with E-state index < -0.39 is 0 Å². The van der Waals surface area contributed by atoms with Crippen LogP contribution < -0.4 is 11.1 Å². The molecule has 1 aliphatic rings. The molecule has 0 aromatic carbocycles. The molecule has 2 aromatic heterocycles. The van der Waals surface area contributed by atoms with Gasteiger partial charge in [-0.05, 0) is 30.9 Å². The maximum Gasteiger partial charge on any atom is 0.263 e. The zero-order valence-electron chi connectivity index (χ0n) is 9.98. The number of nitrogen functional groups attached to an aromatic ring is 1. The molecule has 0 unspecified atom stereocenters. The molecule has 2 aromatic rings. The molecule has 0 aliphatic heterocycles. The first-order valence-electron chi connectivity index (χ1n) is 6.17. The average Bonchev–Trinajstić information content (AvgIpc) is 2.65. The zero-order valence-corrected chi connectivity index (χ0v) is 10.8. The van der Waals surface area contributed by atoms with Crippen LogP contribution in [0.4, 0.5) is 5.69 Å². The number of carbonyl (C=O) groups excluding carboxylic acids is 1. The molecular weight excluding hydrogens is 246 g/mol. The molecular formula is C13H15N3OS. The Morgan fingerprint density at radius 3 is 3.06 bits per heavy atom. The average molecular weight is 261 g/mol. The Bertz CT molecular complexity index is 589. The van der Waals surface area contributed by atoms with Crippen LogP contribution in [0.3, 0.4) is 0 Å². The van der Waals surface area contributed by atoms with Crippen molar-refractivity contribution in [2.75, 3.05) is 12.3 Å². The first kappa shape index (κ1) is 11.5. The predicted octanol–water partition coefficient (Wildman–Crippen LogP) is 2.41. The lowest BCUT2D eigenvalue weighted by molar-refractivity contribution is 0.0944. The number of hydrogen-bond donors (Lipinski definition) is 2. The summed E-state index contributed by atoms with van der Waals surface area (Å²) in [5.41, 5.74) is 6.55. The number of fused-ring (bicyclic) bond motifs is 1. The molecule has 5 heteroatoms. The van der Waals surface area contributed by atoms with Crippen LogP contribution in [-0.4, -0.2) is 17.4 Å². The number of nitrogens with two attached hydrogens (primary N) is 1. The van der Waals surface area contributed by atoms with E-state index in [1.54, 1.807) is 6.20 Å². The minimum absolute atomic E-state index is 0.0672. The van der Waals surface area contributed by atoms with Gasteiger partial charge in [-0.2, -0.15) is 0 Å². The molecule has 0 atom stereocenters. The van der Waals surface area contributed by atoms with E-state index in [1.807, 2.05) is 12.1 Å². The number of aromatic nitrogens is 1. The fourth-order valence-corrected chi connectivity index (χ4v) is 3.11. The Hall–Kier alpha value is -1.62. The normalized spacial score (nSPS) is 15.6. The van der Waals surface area contributed by atoms with Crippen LogP contribution in [-0.2, 0) is 0 Å². The van der Waals surface area contributed by atoms with Crippen LogP contribution in [0.15, 0.2) is 18.3 Å². The van der Waals surface area contributed by atoms with Crippen molar-refractivity contribution >= 4 is 33.1 Å². The van der Waals surface area contributed by atoms with E-state index >= 15 is 0 Å². The van der Waals surface area contributed by atoms with Crippen LogP contribution in [0.2, 0.25) is 0 Å². The summed E-state index contributed by atoms with van der Waals surface area (Å²) >= 11 is 1.36. The van der Waals surface area contributed by atoms with E-state index in [1.165, 1.54) is 30.6 Å². The Balaban J connectivity index is 1.80. The fraction of sp³-hybridized carbons (Fsp3) is 0.385. The summed E-state index contributed by atoms with van der Waals surface area (Å²) in [4.78, 5) is 17.7. The predicted molar refractivity (Wildman–Crippen MR) is 73.7 cm³/mol. The van der Waals surface area contributed by atoms with Crippen molar-refractivity contribution in [3.63, 3.8) is 0 Å². The summed E-state index contributed by atoms with van der Waals surface area (Å²) in [6.45, 7) is 0.764. The van der Waals surface area contributed by atoms with E-state index in [4.69, 9.17) is 5.73 Å². The molecule has 1 aliphatic carbocycles. The van der Waals surface area contributed by atoms with Gasteiger partial charge in [0, 0.05) is 18.1 Å². The standard InChI is InChI=1S/C13H15N3OS/c14-10-9-5-2-6-15-13(9)18-11(10)12(17)16-7-8-3-1-4-8/h2,5-6,8H,1,3-4,7,14H2,(H,16,17). The van der Waals surface area contributed by atoms with Crippen LogP contribution in [0.1, 0.15) is 28.9 Å². The van der Waals surface area contributed by atoms with Crippen LogP contribution in [0, 0.1) is 5.92 Å². The van der Waals surface area contributed by atoms with Gasteiger partial charge < -0.3 is 11.1 Å². The monoisotopic (exact) mass is 261 g/mol.